The van der Waals surface area contributed by atoms with Gasteiger partial charge < -0.3 is 19.2 Å². The number of nitrogens with one attached hydrogen (secondary N) is 1. The molecule has 0 radical (unpaired) electrons. The molecule has 9 heteroatoms. The molecule has 0 aliphatic heterocycles. The second kappa shape index (κ2) is 9.96. The molecule has 0 unspecified atom stereocenters. The average Bonchev–Trinajstić information content (AvgIpc) is 3.27. The van der Waals surface area contributed by atoms with Gasteiger partial charge in [0.2, 0.25) is 5.91 Å². The summed E-state index contributed by atoms with van der Waals surface area (Å²) >= 11 is 7.46. The Balaban J connectivity index is 1.72. The van der Waals surface area contributed by atoms with Crippen LogP contribution in [-0.2, 0) is 11.3 Å². The predicted octanol–water partition coefficient (Wildman–Crippen LogP) is 4.18. The first-order valence-corrected chi connectivity index (χ1v) is 10.6. The van der Waals surface area contributed by atoms with E-state index in [1.807, 2.05) is 39.2 Å². The molecule has 29 heavy (non-hydrogen) atoms. The van der Waals surface area contributed by atoms with E-state index in [2.05, 4.69) is 25.0 Å². The lowest BCUT2D eigenvalue weighted by molar-refractivity contribution is -0.113. The van der Waals surface area contributed by atoms with E-state index in [4.69, 9.17) is 16.0 Å². The molecule has 0 atom stereocenters. The van der Waals surface area contributed by atoms with E-state index < -0.39 is 0 Å². The van der Waals surface area contributed by atoms with Gasteiger partial charge in [-0.25, -0.2) is 0 Å². The fraction of sp³-hybridized carbons (Fsp3) is 0.350. The second-order valence-corrected chi connectivity index (χ2v) is 8.17. The van der Waals surface area contributed by atoms with E-state index >= 15 is 0 Å². The van der Waals surface area contributed by atoms with Gasteiger partial charge in [0, 0.05) is 6.54 Å². The summed E-state index contributed by atoms with van der Waals surface area (Å²) in [6, 6.07) is 9.05. The van der Waals surface area contributed by atoms with Crippen LogP contribution in [0.3, 0.4) is 0 Å². The number of nitrogens with zero attached hydrogens (tertiary/aromatic N) is 4. The molecule has 1 N–H and O–H groups in total. The maximum absolute atomic E-state index is 12.4. The number of halogens is 1. The smallest absolute Gasteiger partial charge is 0.234 e. The van der Waals surface area contributed by atoms with Crippen molar-refractivity contribution in [2.75, 3.05) is 31.7 Å². The number of carbonyl (C=O) groups excluding carboxylic acids is 1. The zero-order chi connectivity index (χ0) is 20.8. The van der Waals surface area contributed by atoms with Crippen LogP contribution in [0.15, 0.2) is 46.2 Å². The van der Waals surface area contributed by atoms with Gasteiger partial charge in [-0.05, 0) is 52.2 Å². The first-order chi connectivity index (χ1) is 14.0. The molecule has 0 aliphatic carbocycles. The summed E-state index contributed by atoms with van der Waals surface area (Å²) in [5, 5.41) is 12.7. The predicted molar refractivity (Wildman–Crippen MR) is 116 cm³/mol. The molecule has 0 fully saturated rings. The van der Waals surface area contributed by atoms with E-state index in [-0.39, 0.29) is 11.7 Å². The number of anilines is 1. The van der Waals surface area contributed by atoms with Gasteiger partial charge in [-0.3, -0.25) is 4.79 Å². The van der Waals surface area contributed by atoms with Gasteiger partial charge in [-0.1, -0.05) is 35.5 Å². The number of aromatic nitrogens is 3. The highest BCUT2D eigenvalue weighted by Gasteiger charge is 2.18. The molecule has 1 aromatic carbocycles. The van der Waals surface area contributed by atoms with E-state index in [1.54, 1.807) is 18.4 Å². The van der Waals surface area contributed by atoms with Crippen LogP contribution in [0.5, 0.6) is 0 Å². The molecule has 0 saturated carbocycles. The number of amides is 1. The Bertz CT molecular complexity index is 969. The lowest BCUT2D eigenvalue weighted by Gasteiger charge is -2.13. The highest BCUT2D eigenvalue weighted by Crippen LogP contribution is 2.28. The minimum Gasteiger partial charge on any atom is -0.469 e. The Hall–Kier alpha value is -2.29. The van der Waals surface area contributed by atoms with Crippen LogP contribution in [0.2, 0.25) is 5.02 Å². The van der Waals surface area contributed by atoms with Gasteiger partial charge in [0.25, 0.3) is 0 Å². The summed E-state index contributed by atoms with van der Waals surface area (Å²) in [6.07, 6.45) is 2.59. The number of carbonyl (C=O) groups is 1. The van der Waals surface area contributed by atoms with E-state index in [9.17, 15) is 4.79 Å². The zero-order valence-electron chi connectivity index (χ0n) is 16.7. The number of benzene rings is 1. The second-order valence-electron chi connectivity index (χ2n) is 6.82. The lowest BCUT2D eigenvalue weighted by Crippen LogP contribution is -2.17. The lowest BCUT2D eigenvalue weighted by atomic mass is 10.2. The Morgan fingerprint density at radius 2 is 2.07 bits per heavy atom. The molecular formula is C20H24ClN5O2S. The number of thioether (sulfide) groups is 1. The SMILES string of the molecule is Cc1occc1-c1nnc(SCC(=O)Nc2ccccc2Cl)n1CCCN(C)C. The fourth-order valence-corrected chi connectivity index (χ4v) is 3.78. The number of furan rings is 1. The standard InChI is InChI=1S/C20H24ClN5O2S/c1-14-15(9-12-28-14)19-23-24-20(26(19)11-6-10-25(2)3)29-13-18(27)22-17-8-5-4-7-16(17)21/h4-5,7-9,12H,6,10-11,13H2,1-3H3,(H,22,27). The highest BCUT2D eigenvalue weighted by atomic mass is 35.5. The highest BCUT2D eigenvalue weighted by molar-refractivity contribution is 7.99. The van der Waals surface area contributed by atoms with Crippen molar-refractivity contribution in [1.29, 1.82) is 0 Å². The van der Waals surface area contributed by atoms with Gasteiger partial charge in [0.05, 0.1) is 28.3 Å². The van der Waals surface area contributed by atoms with Crippen LogP contribution >= 0.6 is 23.4 Å². The van der Waals surface area contributed by atoms with Crippen molar-refractivity contribution in [2.24, 2.45) is 0 Å². The van der Waals surface area contributed by atoms with Gasteiger partial charge >= 0.3 is 0 Å². The molecule has 1 amide bonds. The van der Waals surface area contributed by atoms with Crippen molar-refractivity contribution in [2.45, 2.75) is 25.0 Å². The minimum atomic E-state index is -0.146. The van der Waals surface area contributed by atoms with E-state index in [0.29, 0.717) is 15.9 Å². The molecule has 0 saturated heterocycles. The number of para-hydroxylation sites is 1. The van der Waals surface area contributed by atoms with Crippen molar-refractivity contribution >= 4 is 35.0 Å². The normalized spacial score (nSPS) is 11.2. The minimum absolute atomic E-state index is 0.146. The van der Waals surface area contributed by atoms with Crippen LogP contribution in [0.25, 0.3) is 11.4 Å². The first kappa shape index (κ1) is 21.4. The van der Waals surface area contributed by atoms with E-state index in [1.165, 1.54) is 11.8 Å². The molecule has 0 spiro atoms. The van der Waals surface area contributed by atoms with Crippen LogP contribution in [0, 0.1) is 6.92 Å². The van der Waals surface area contributed by atoms with Gasteiger partial charge in [0.15, 0.2) is 11.0 Å². The largest absolute Gasteiger partial charge is 0.469 e. The maximum Gasteiger partial charge on any atom is 0.234 e. The molecule has 2 aromatic heterocycles. The Morgan fingerprint density at radius 1 is 1.28 bits per heavy atom. The molecule has 2 heterocycles. The third kappa shape index (κ3) is 5.62. The molecule has 0 bridgehead atoms. The van der Waals surface area contributed by atoms with Crippen molar-refractivity contribution < 1.29 is 9.21 Å². The average molecular weight is 434 g/mol. The molecule has 7 nitrogen and oxygen atoms in total. The fourth-order valence-electron chi connectivity index (χ4n) is 2.84. The Labute approximate surface area is 179 Å². The van der Waals surface area contributed by atoms with Gasteiger partial charge in [-0.2, -0.15) is 0 Å². The summed E-state index contributed by atoms with van der Waals surface area (Å²) in [5.74, 6) is 1.61. The summed E-state index contributed by atoms with van der Waals surface area (Å²) < 4.78 is 7.48. The van der Waals surface area contributed by atoms with Gasteiger partial charge in [-0.15, -0.1) is 10.2 Å². The summed E-state index contributed by atoms with van der Waals surface area (Å²) in [4.78, 5) is 14.5. The van der Waals surface area contributed by atoms with Crippen LogP contribution in [0.4, 0.5) is 5.69 Å². The van der Waals surface area contributed by atoms with Crippen LogP contribution in [0.1, 0.15) is 12.2 Å². The maximum atomic E-state index is 12.4. The van der Waals surface area contributed by atoms with Crippen LogP contribution in [-0.4, -0.2) is 52.0 Å². The summed E-state index contributed by atoms with van der Waals surface area (Å²) in [6.45, 7) is 3.59. The Morgan fingerprint density at radius 3 is 2.76 bits per heavy atom. The number of aryl methyl sites for hydroxylation is 1. The third-order valence-corrected chi connectivity index (χ3v) is 5.58. The van der Waals surface area contributed by atoms with E-state index in [0.717, 1.165) is 36.7 Å². The van der Waals surface area contributed by atoms with Crippen molar-refractivity contribution in [3.63, 3.8) is 0 Å². The molecule has 0 aliphatic rings. The monoisotopic (exact) mass is 433 g/mol. The first-order valence-electron chi connectivity index (χ1n) is 9.25. The van der Waals surface area contributed by atoms with Crippen LogP contribution < -0.4 is 5.32 Å². The quantitative estimate of drug-likeness (QED) is 0.510. The Kier molecular flexibility index (Phi) is 7.35. The van der Waals surface area contributed by atoms with Crippen molar-refractivity contribution in [3.8, 4) is 11.4 Å². The summed E-state index contributed by atoms with van der Waals surface area (Å²) in [5.41, 5.74) is 1.51. The van der Waals surface area contributed by atoms with Crippen molar-refractivity contribution in [1.82, 2.24) is 19.7 Å². The molecule has 3 aromatic rings. The number of hydrogen-bond donors (Lipinski definition) is 1. The third-order valence-electron chi connectivity index (χ3n) is 4.28. The summed E-state index contributed by atoms with van der Waals surface area (Å²) in [7, 11) is 4.09. The molecule has 154 valence electrons. The number of hydrogen-bond acceptors (Lipinski definition) is 6. The molecule has 3 rings (SSSR count). The number of rotatable bonds is 9. The zero-order valence-corrected chi connectivity index (χ0v) is 18.3. The van der Waals surface area contributed by atoms with Gasteiger partial charge in [0.1, 0.15) is 5.76 Å². The van der Waals surface area contributed by atoms with Crippen molar-refractivity contribution in [3.05, 3.63) is 47.4 Å². The topological polar surface area (TPSA) is 76.2 Å². The molecular weight excluding hydrogens is 410 g/mol.